The number of halogens is 1. The van der Waals surface area contributed by atoms with E-state index in [9.17, 15) is 0 Å². The molecule has 1 unspecified atom stereocenters. The third-order valence-electron chi connectivity index (χ3n) is 3.66. The maximum absolute atomic E-state index is 5.82. The van der Waals surface area contributed by atoms with Crippen LogP contribution in [0.1, 0.15) is 17.9 Å². The zero-order chi connectivity index (χ0) is 13.9. The highest BCUT2D eigenvalue weighted by molar-refractivity contribution is 6.30. The summed E-state index contributed by atoms with van der Waals surface area (Å²) in [6, 6.07) is 8.20. The van der Waals surface area contributed by atoms with Gasteiger partial charge in [0.25, 0.3) is 0 Å². The van der Waals surface area contributed by atoms with Crippen LogP contribution < -0.4 is 9.64 Å². The molecule has 0 amide bonds. The molecule has 0 radical (unpaired) electrons. The van der Waals surface area contributed by atoms with Crippen molar-refractivity contribution in [2.45, 2.75) is 12.3 Å². The van der Waals surface area contributed by atoms with Crippen molar-refractivity contribution >= 4 is 17.5 Å². The summed E-state index contributed by atoms with van der Waals surface area (Å²) in [5.41, 5.74) is 1.26. The van der Waals surface area contributed by atoms with Gasteiger partial charge >= 0.3 is 0 Å². The van der Waals surface area contributed by atoms with Gasteiger partial charge in [0, 0.05) is 19.0 Å². The standard InChI is InChI=1S/C15H16ClN3O/c1-20-14-5-3-2-4-13(14)11-6-7-19(10-11)15-17-8-12(16)9-18-15/h2-5,8-9,11H,6-7,10H2,1H3. The summed E-state index contributed by atoms with van der Waals surface area (Å²) in [6.45, 7) is 1.85. The SMILES string of the molecule is COc1ccccc1C1CCN(c2ncc(Cl)cn2)C1. The number of hydrogen-bond acceptors (Lipinski definition) is 4. The fourth-order valence-corrected chi connectivity index (χ4v) is 2.77. The van der Waals surface area contributed by atoms with Crippen LogP contribution in [-0.2, 0) is 0 Å². The second kappa shape index (κ2) is 5.67. The molecular formula is C15H16ClN3O. The first-order valence-corrected chi connectivity index (χ1v) is 7.01. The van der Waals surface area contributed by atoms with Crippen LogP contribution >= 0.6 is 11.6 Å². The fraction of sp³-hybridized carbons (Fsp3) is 0.333. The van der Waals surface area contributed by atoms with Crippen molar-refractivity contribution < 1.29 is 4.74 Å². The molecule has 2 aromatic rings. The average molecular weight is 290 g/mol. The first-order valence-electron chi connectivity index (χ1n) is 6.63. The molecule has 5 heteroatoms. The van der Waals surface area contributed by atoms with Crippen molar-refractivity contribution in [3.8, 4) is 5.75 Å². The highest BCUT2D eigenvalue weighted by atomic mass is 35.5. The van der Waals surface area contributed by atoms with E-state index in [0.29, 0.717) is 10.9 Å². The summed E-state index contributed by atoms with van der Waals surface area (Å²) in [6.07, 6.45) is 4.35. The van der Waals surface area contributed by atoms with Crippen molar-refractivity contribution in [2.75, 3.05) is 25.1 Å². The van der Waals surface area contributed by atoms with E-state index in [1.807, 2.05) is 12.1 Å². The van der Waals surface area contributed by atoms with Crippen LogP contribution in [0.4, 0.5) is 5.95 Å². The molecule has 0 saturated carbocycles. The molecular weight excluding hydrogens is 274 g/mol. The molecule has 104 valence electrons. The van der Waals surface area contributed by atoms with E-state index in [1.165, 1.54) is 5.56 Å². The molecule has 0 spiro atoms. The van der Waals surface area contributed by atoms with E-state index in [0.717, 1.165) is 31.2 Å². The molecule has 3 rings (SSSR count). The topological polar surface area (TPSA) is 38.2 Å². The number of nitrogens with zero attached hydrogens (tertiary/aromatic N) is 3. The predicted molar refractivity (Wildman–Crippen MR) is 79.6 cm³/mol. The zero-order valence-electron chi connectivity index (χ0n) is 11.3. The number of aromatic nitrogens is 2. The number of benzene rings is 1. The van der Waals surface area contributed by atoms with Crippen LogP contribution in [0.25, 0.3) is 0 Å². The summed E-state index contributed by atoms with van der Waals surface area (Å²) in [7, 11) is 1.72. The average Bonchev–Trinajstić information content (AvgIpc) is 2.97. The molecule has 1 fully saturated rings. The zero-order valence-corrected chi connectivity index (χ0v) is 12.0. The lowest BCUT2D eigenvalue weighted by Gasteiger charge is -2.17. The Labute approximate surface area is 123 Å². The molecule has 0 N–H and O–H groups in total. The van der Waals surface area contributed by atoms with Gasteiger partial charge in [-0.2, -0.15) is 0 Å². The van der Waals surface area contributed by atoms with Gasteiger partial charge in [-0.25, -0.2) is 9.97 Å². The number of rotatable bonds is 3. The normalized spacial score (nSPS) is 18.3. The van der Waals surface area contributed by atoms with Gasteiger partial charge in [-0.1, -0.05) is 29.8 Å². The smallest absolute Gasteiger partial charge is 0.225 e. The molecule has 1 aromatic carbocycles. The molecule has 20 heavy (non-hydrogen) atoms. The van der Waals surface area contributed by atoms with Gasteiger partial charge in [-0.15, -0.1) is 0 Å². The van der Waals surface area contributed by atoms with Gasteiger partial charge < -0.3 is 9.64 Å². The van der Waals surface area contributed by atoms with Gasteiger partial charge in [0.15, 0.2) is 0 Å². The Bertz CT molecular complexity index is 588. The number of hydrogen-bond donors (Lipinski definition) is 0. The highest BCUT2D eigenvalue weighted by Crippen LogP contribution is 2.34. The largest absolute Gasteiger partial charge is 0.496 e. The second-order valence-corrected chi connectivity index (χ2v) is 5.31. The molecule has 1 aliphatic heterocycles. The number of anilines is 1. The predicted octanol–water partition coefficient (Wildman–Crippen LogP) is 3.13. The molecule has 4 nitrogen and oxygen atoms in total. The third-order valence-corrected chi connectivity index (χ3v) is 3.85. The van der Waals surface area contributed by atoms with E-state index < -0.39 is 0 Å². The summed E-state index contributed by atoms with van der Waals surface area (Å²) in [5, 5.41) is 0.564. The summed E-state index contributed by atoms with van der Waals surface area (Å²) >= 11 is 5.82. The van der Waals surface area contributed by atoms with Crippen LogP contribution in [-0.4, -0.2) is 30.2 Å². The molecule has 1 atom stereocenters. The first-order chi connectivity index (χ1) is 9.78. The van der Waals surface area contributed by atoms with Crippen molar-refractivity contribution in [1.82, 2.24) is 9.97 Å². The summed E-state index contributed by atoms with van der Waals surface area (Å²) in [4.78, 5) is 10.8. The molecule has 1 aliphatic rings. The van der Waals surface area contributed by atoms with E-state index in [4.69, 9.17) is 16.3 Å². The van der Waals surface area contributed by atoms with Crippen molar-refractivity contribution in [2.24, 2.45) is 0 Å². The van der Waals surface area contributed by atoms with Crippen molar-refractivity contribution in [3.05, 3.63) is 47.2 Å². The minimum absolute atomic E-state index is 0.449. The summed E-state index contributed by atoms with van der Waals surface area (Å²) < 4.78 is 5.45. The minimum Gasteiger partial charge on any atom is -0.496 e. The number of methoxy groups -OCH3 is 1. The monoisotopic (exact) mass is 289 g/mol. The first kappa shape index (κ1) is 13.2. The van der Waals surface area contributed by atoms with E-state index in [1.54, 1.807) is 19.5 Å². The van der Waals surface area contributed by atoms with Gasteiger partial charge in [0.1, 0.15) is 5.75 Å². The van der Waals surface area contributed by atoms with Gasteiger partial charge in [-0.05, 0) is 18.1 Å². The molecule has 0 aliphatic carbocycles. The molecule has 1 aromatic heterocycles. The quantitative estimate of drug-likeness (QED) is 0.870. The molecule has 0 bridgehead atoms. The maximum atomic E-state index is 5.82. The Morgan fingerprint density at radius 1 is 1.25 bits per heavy atom. The van der Waals surface area contributed by atoms with Gasteiger partial charge in [0.2, 0.25) is 5.95 Å². The fourth-order valence-electron chi connectivity index (χ4n) is 2.67. The lowest BCUT2D eigenvalue weighted by Crippen LogP contribution is -2.21. The van der Waals surface area contributed by atoms with Crippen LogP contribution in [0.15, 0.2) is 36.7 Å². The molecule has 1 saturated heterocycles. The van der Waals surface area contributed by atoms with Crippen LogP contribution in [0.3, 0.4) is 0 Å². The second-order valence-electron chi connectivity index (χ2n) is 4.87. The van der Waals surface area contributed by atoms with Crippen molar-refractivity contribution in [1.29, 1.82) is 0 Å². The maximum Gasteiger partial charge on any atom is 0.225 e. The third kappa shape index (κ3) is 2.56. The summed E-state index contributed by atoms with van der Waals surface area (Å²) in [5.74, 6) is 2.15. The Kier molecular flexibility index (Phi) is 3.74. The Balaban J connectivity index is 1.78. The number of ether oxygens (including phenoxy) is 1. The van der Waals surface area contributed by atoms with Gasteiger partial charge in [-0.3, -0.25) is 0 Å². The van der Waals surface area contributed by atoms with Crippen molar-refractivity contribution in [3.63, 3.8) is 0 Å². The van der Waals surface area contributed by atoms with Gasteiger partial charge in [0.05, 0.1) is 24.5 Å². The Morgan fingerprint density at radius 3 is 2.75 bits per heavy atom. The lowest BCUT2D eigenvalue weighted by atomic mass is 9.97. The van der Waals surface area contributed by atoms with E-state index in [-0.39, 0.29) is 0 Å². The lowest BCUT2D eigenvalue weighted by molar-refractivity contribution is 0.406. The number of para-hydroxylation sites is 1. The molecule has 2 heterocycles. The Morgan fingerprint density at radius 2 is 2.00 bits per heavy atom. The van der Waals surface area contributed by atoms with Crippen LogP contribution in [0, 0.1) is 0 Å². The minimum atomic E-state index is 0.449. The Hall–Kier alpha value is -1.81. The van der Waals surface area contributed by atoms with E-state index in [2.05, 4.69) is 27.0 Å². The van der Waals surface area contributed by atoms with Crippen LogP contribution in [0.5, 0.6) is 5.75 Å². The van der Waals surface area contributed by atoms with E-state index >= 15 is 0 Å². The highest BCUT2D eigenvalue weighted by Gasteiger charge is 2.27. The van der Waals surface area contributed by atoms with Crippen LogP contribution in [0.2, 0.25) is 5.02 Å².